The van der Waals surface area contributed by atoms with Crippen LogP contribution in [-0.4, -0.2) is 24.6 Å². The Balaban J connectivity index is 1.42. The van der Waals surface area contributed by atoms with E-state index in [1.807, 2.05) is 29.6 Å². The molecule has 0 saturated heterocycles. The van der Waals surface area contributed by atoms with Gasteiger partial charge in [-0.15, -0.1) is 11.3 Å². The molecule has 0 saturated carbocycles. The van der Waals surface area contributed by atoms with E-state index in [2.05, 4.69) is 10.3 Å². The molecule has 1 heterocycles. The molecule has 27 heavy (non-hydrogen) atoms. The van der Waals surface area contributed by atoms with Crippen LogP contribution in [0.5, 0.6) is 11.5 Å². The van der Waals surface area contributed by atoms with E-state index in [1.54, 1.807) is 19.2 Å². The lowest BCUT2D eigenvalue weighted by molar-refractivity contribution is -0.116. The zero-order chi connectivity index (χ0) is 19.1. The fourth-order valence-corrected chi connectivity index (χ4v) is 3.10. The van der Waals surface area contributed by atoms with Gasteiger partial charge in [0.05, 0.1) is 19.4 Å². The molecule has 3 aromatic rings. The van der Waals surface area contributed by atoms with Gasteiger partial charge >= 0.3 is 0 Å². The molecule has 1 N–H and O–H groups in total. The van der Waals surface area contributed by atoms with Crippen LogP contribution in [0, 0.1) is 5.82 Å². The van der Waals surface area contributed by atoms with Gasteiger partial charge in [-0.05, 0) is 55.0 Å². The van der Waals surface area contributed by atoms with Crippen molar-refractivity contribution in [3.63, 3.8) is 0 Å². The van der Waals surface area contributed by atoms with E-state index in [0.29, 0.717) is 30.3 Å². The lowest BCUT2D eigenvalue weighted by Crippen LogP contribution is -2.12. The minimum absolute atomic E-state index is 0.117. The average molecular weight is 386 g/mol. The summed E-state index contributed by atoms with van der Waals surface area (Å²) in [6.45, 7) is 0.443. The minimum Gasteiger partial charge on any atom is -0.497 e. The number of carbonyl (C=O) groups excluding carboxylic acids is 1. The third-order valence-electron chi connectivity index (χ3n) is 3.77. The normalized spacial score (nSPS) is 10.4. The fraction of sp³-hybridized carbons (Fsp3) is 0.200. The second-order valence-corrected chi connectivity index (χ2v) is 6.58. The van der Waals surface area contributed by atoms with Crippen molar-refractivity contribution in [2.75, 3.05) is 19.0 Å². The lowest BCUT2D eigenvalue weighted by Gasteiger charge is -2.07. The molecule has 140 valence electrons. The highest BCUT2D eigenvalue weighted by atomic mass is 32.1. The van der Waals surface area contributed by atoms with Crippen LogP contribution in [0.15, 0.2) is 53.9 Å². The largest absolute Gasteiger partial charge is 0.497 e. The summed E-state index contributed by atoms with van der Waals surface area (Å²) in [5, 5.41) is 5.13. The van der Waals surface area contributed by atoms with Gasteiger partial charge < -0.3 is 14.8 Å². The molecular weight excluding hydrogens is 367 g/mol. The van der Waals surface area contributed by atoms with Crippen LogP contribution in [0.25, 0.3) is 11.3 Å². The quantitative estimate of drug-likeness (QED) is 0.567. The van der Waals surface area contributed by atoms with Crippen molar-refractivity contribution in [2.45, 2.75) is 12.8 Å². The van der Waals surface area contributed by atoms with Crippen molar-refractivity contribution in [3.8, 4) is 22.8 Å². The summed E-state index contributed by atoms with van der Waals surface area (Å²) in [4.78, 5) is 16.4. The number of hydrogen-bond acceptors (Lipinski definition) is 5. The van der Waals surface area contributed by atoms with Crippen LogP contribution in [0.3, 0.4) is 0 Å². The molecule has 3 rings (SSSR count). The van der Waals surface area contributed by atoms with Crippen molar-refractivity contribution in [3.05, 3.63) is 59.7 Å². The van der Waals surface area contributed by atoms with Crippen molar-refractivity contribution in [1.82, 2.24) is 4.98 Å². The van der Waals surface area contributed by atoms with Gasteiger partial charge in [0.2, 0.25) is 5.91 Å². The molecular formula is C20H19FN2O3S. The van der Waals surface area contributed by atoms with Crippen LogP contribution in [0.4, 0.5) is 9.52 Å². The number of carbonyl (C=O) groups is 1. The first-order valence-corrected chi connectivity index (χ1v) is 9.30. The number of ether oxygens (including phenoxy) is 2. The molecule has 0 aliphatic carbocycles. The number of anilines is 1. The molecule has 7 heteroatoms. The lowest BCUT2D eigenvalue weighted by atomic mass is 10.2. The SMILES string of the molecule is COc1ccc(OCCCC(=O)Nc2nc(-c3ccc(F)cc3)cs2)cc1. The third-order valence-corrected chi connectivity index (χ3v) is 4.52. The summed E-state index contributed by atoms with van der Waals surface area (Å²) >= 11 is 1.34. The molecule has 0 radical (unpaired) electrons. The summed E-state index contributed by atoms with van der Waals surface area (Å²) < 4.78 is 23.7. The first kappa shape index (κ1) is 18.8. The van der Waals surface area contributed by atoms with Gasteiger partial charge in [0.1, 0.15) is 17.3 Å². The van der Waals surface area contributed by atoms with Crippen LogP contribution in [0.1, 0.15) is 12.8 Å². The van der Waals surface area contributed by atoms with Crippen molar-refractivity contribution >= 4 is 22.4 Å². The molecule has 1 amide bonds. The van der Waals surface area contributed by atoms with E-state index in [0.717, 1.165) is 17.1 Å². The Morgan fingerprint density at radius 2 is 1.81 bits per heavy atom. The Morgan fingerprint density at radius 1 is 1.11 bits per heavy atom. The highest BCUT2D eigenvalue weighted by molar-refractivity contribution is 7.14. The van der Waals surface area contributed by atoms with E-state index in [-0.39, 0.29) is 11.7 Å². The number of halogens is 1. The van der Waals surface area contributed by atoms with Gasteiger partial charge in [-0.2, -0.15) is 0 Å². The van der Waals surface area contributed by atoms with E-state index >= 15 is 0 Å². The summed E-state index contributed by atoms with van der Waals surface area (Å²) in [6, 6.07) is 13.4. The Bertz CT molecular complexity index is 879. The van der Waals surface area contributed by atoms with E-state index in [9.17, 15) is 9.18 Å². The highest BCUT2D eigenvalue weighted by Gasteiger charge is 2.08. The second kappa shape index (κ2) is 9.14. The number of rotatable bonds is 8. The number of amides is 1. The minimum atomic E-state index is -0.292. The summed E-state index contributed by atoms with van der Waals surface area (Å²) in [7, 11) is 1.61. The Labute approximate surface area is 160 Å². The average Bonchev–Trinajstić information content (AvgIpc) is 3.14. The van der Waals surface area contributed by atoms with E-state index < -0.39 is 0 Å². The zero-order valence-electron chi connectivity index (χ0n) is 14.8. The zero-order valence-corrected chi connectivity index (χ0v) is 15.6. The van der Waals surface area contributed by atoms with Gasteiger partial charge in [0.15, 0.2) is 5.13 Å². The molecule has 0 aliphatic rings. The molecule has 1 aromatic heterocycles. The molecule has 0 aliphatic heterocycles. The fourth-order valence-electron chi connectivity index (χ4n) is 2.36. The summed E-state index contributed by atoms with van der Waals surface area (Å²) in [6.07, 6.45) is 0.926. The molecule has 2 aromatic carbocycles. The Hall–Kier alpha value is -2.93. The number of methoxy groups -OCH3 is 1. The first-order valence-electron chi connectivity index (χ1n) is 8.42. The molecule has 0 fully saturated rings. The number of nitrogens with one attached hydrogen (secondary N) is 1. The van der Waals surface area contributed by atoms with Crippen LogP contribution in [-0.2, 0) is 4.79 Å². The molecule has 5 nitrogen and oxygen atoms in total. The number of benzene rings is 2. The molecule has 0 bridgehead atoms. The van der Waals surface area contributed by atoms with E-state index in [1.165, 1.54) is 23.5 Å². The van der Waals surface area contributed by atoms with Crippen molar-refractivity contribution in [2.24, 2.45) is 0 Å². The Kier molecular flexibility index (Phi) is 6.38. The third kappa shape index (κ3) is 5.52. The molecule has 0 spiro atoms. The maximum Gasteiger partial charge on any atom is 0.226 e. The van der Waals surface area contributed by atoms with Gasteiger partial charge in [0, 0.05) is 17.4 Å². The van der Waals surface area contributed by atoms with E-state index in [4.69, 9.17) is 9.47 Å². The predicted molar refractivity (Wildman–Crippen MR) is 104 cm³/mol. The van der Waals surface area contributed by atoms with Crippen molar-refractivity contribution in [1.29, 1.82) is 0 Å². The standard InChI is InChI=1S/C20H19FN2O3S/c1-25-16-8-10-17(11-9-16)26-12-2-3-19(24)23-20-22-18(13-27-20)14-4-6-15(21)7-5-14/h4-11,13H,2-3,12H2,1H3,(H,22,23,24). The van der Waals surface area contributed by atoms with Gasteiger partial charge in [-0.1, -0.05) is 0 Å². The maximum absolute atomic E-state index is 13.0. The van der Waals surface area contributed by atoms with Gasteiger partial charge in [-0.25, -0.2) is 9.37 Å². The smallest absolute Gasteiger partial charge is 0.226 e. The van der Waals surface area contributed by atoms with Crippen LogP contribution >= 0.6 is 11.3 Å². The van der Waals surface area contributed by atoms with Gasteiger partial charge in [0.25, 0.3) is 0 Å². The topological polar surface area (TPSA) is 60.5 Å². The first-order chi connectivity index (χ1) is 13.1. The highest BCUT2D eigenvalue weighted by Crippen LogP contribution is 2.25. The number of aromatic nitrogens is 1. The van der Waals surface area contributed by atoms with Crippen molar-refractivity contribution < 1.29 is 18.7 Å². The summed E-state index contributed by atoms with van der Waals surface area (Å²) in [5.41, 5.74) is 1.51. The Morgan fingerprint density at radius 3 is 2.52 bits per heavy atom. The number of nitrogens with zero attached hydrogens (tertiary/aromatic N) is 1. The number of hydrogen-bond donors (Lipinski definition) is 1. The molecule has 0 unspecified atom stereocenters. The van der Waals surface area contributed by atoms with Gasteiger partial charge in [-0.3, -0.25) is 4.79 Å². The number of thiazole rings is 1. The van der Waals surface area contributed by atoms with Crippen LogP contribution < -0.4 is 14.8 Å². The summed E-state index contributed by atoms with van der Waals surface area (Å²) in [5.74, 6) is 1.10. The monoisotopic (exact) mass is 386 g/mol. The predicted octanol–water partition coefficient (Wildman–Crippen LogP) is 4.76. The van der Waals surface area contributed by atoms with Crippen LogP contribution in [0.2, 0.25) is 0 Å². The second-order valence-electron chi connectivity index (χ2n) is 5.72. The maximum atomic E-state index is 13.0. The molecule has 0 atom stereocenters.